The van der Waals surface area contributed by atoms with Crippen molar-refractivity contribution in [2.24, 2.45) is 0 Å². The molecule has 0 aliphatic carbocycles. The minimum Gasteiger partial charge on any atom is -0.338 e. The zero-order valence-electron chi connectivity index (χ0n) is 7.45. The maximum absolute atomic E-state index is 11.2. The van der Waals surface area contributed by atoms with E-state index in [1.54, 1.807) is 0 Å². The van der Waals surface area contributed by atoms with Gasteiger partial charge in [-0.05, 0) is 18.2 Å². The van der Waals surface area contributed by atoms with Crippen LogP contribution >= 0.6 is 0 Å². The SMILES string of the molecule is O=C1OS(=O)(=O)c2cc(S(=O)(=O)O)ccc21. The third kappa shape index (κ3) is 1.58. The summed E-state index contributed by atoms with van der Waals surface area (Å²) in [5.41, 5.74) is -0.257. The Bertz CT molecular complexity index is 683. The first kappa shape index (κ1) is 11.0. The van der Waals surface area contributed by atoms with Gasteiger partial charge in [-0.1, -0.05) is 0 Å². The summed E-state index contributed by atoms with van der Waals surface area (Å²) in [5, 5.41) is 0. The van der Waals surface area contributed by atoms with Crippen LogP contribution in [0, 0.1) is 0 Å². The average Bonchev–Trinajstić information content (AvgIpc) is 2.36. The molecule has 0 saturated heterocycles. The molecule has 1 aliphatic rings. The lowest BCUT2D eigenvalue weighted by Crippen LogP contribution is -2.01. The van der Waals surface area contributed by atoms with Crippen LogP contribution in [0.5, 0.6) is 0 Å². The van der Waals surface area contributed by atoms with E-state index < -0.39 is 36.0 Å². The van der Waals surface area contributed by atoms with Crippen LogP contribution in [0.1, 0.15) is 10.4 Å². The van der Waals surface area contributed by atoms with Gasteiger partial charge < -0.3 is 4.18 Å². The smallest absolute Gasteiger partial charge is 0.338 e. The Morgan fingerprint density at radius 3 is 2.44 bits per heavy atom. The molecule has 1 aromatic rings. The number of hydrogen-bond acceptors (Lipinski definition) is 6. The summed E-state index contributed by atoms with van der Waals surface area (Å²) in [7, 11) is -8.79. The molecule has 0 spiro atoms. The monoisotopic (exact) mass is 264 g/mol. The molecule has 0 unspecified atom stereocenters. The highest BCUT2D eigenvalue weighted by Crippen LogP contribution is 2.29. The highest BCUT2D eigenvalue weighted by atomic mass is 32.2. The predicted octanol–water partition coefficient (Wildman–Crippen LogP) is -0.208. The van der Waals surface area contributed by atoms with Gasteiger partial charge in [-0.2, -0.15) is 16.8 Å². The van der Waals surface area contributed by atoms with Crippen LogP contribution in [0.4, 0.5) is 0 Å². The molecule has 0 saturated carbocycles. The minimum atomic E-state index is -4.52. The van der Waals surface area contributed by atoms with E-state index in [4.69, 9.17) is 4.55 Å². The standard InChI is InChI=1S/C7H4O7S2/c8-7-5-2-1-4(15(9,10)11)3-6(5)16(12,13)14-7/h1-3H,(H,9,10,11). The van der Waals surface area contributed by atoms with Crippen LogP contribution in [0.3, 0.4) is 0 Å². The third-order valence-electron chi connectivity index (χ3n) is 1.93. The molecule has 0 atom stereocenters. The molecule has 1 aliphatic heterocycles. The molecule has 0 amide bonds. The second kappa shape index (κ2) is 3.03. The molecule has 16 heavy (non-hydrogen) atoms. The van der Waals surface area contributed by atoms with Crippen molar-refractivity contribution in [2.75, 3.05) is 0 Å². The fraction of sp³-hybridized carbons (Fsp3) is 0. The van der Waals surface area contributed by atoms with E-state index in [0.717, 1.165) is 12.1 Å². The number of rotatable bonds is 1. The number of carbonyl (C=O) groups excluding carboxylic acids is 1. The van der Waals surface area contributed by atoms with Crippen molar-refractivity contribution >= 4 is 26.2 Å². The van der Waals surface area contributed by atoms with E-state index >= 15 is 0 Å². The molecule has 7 nitrogen and oxygen atoms in total. The van der Waals surface area contributed by atoms with Gasteiger partial charge in [0, 0.05) is 0 Å². The lowest BCUT2D eigenvalue weighted by molar-refractivity contribution is 0.0762. The second-order valence-corrected chi connectivity index (χ2v) is 5.89. The topological polar surface area (TPSA) is 115 Å². The van der Waals surface area contributed by atoms with Crippen LogP contribution in [0.15, 0.2) is 28.0 Å². The molecule has 9 heteroatoms. The van der Waals surface area contributed by atoms with Gasteiger partial charge >= 0.3 is 16.1 Å². The molecule has 0 bridgehead atoms. The van der Waals surface area contributed by atoms with E-state index in [-0.39, 0.29) is 5.56 Å². The Morgan fingerprint density at radius 2 is 1.88 bits per heavy atom. The minimum absolute atomic E-state index is 0.257. The maximum atomic E-state index is 11.2. The van der Waals surface area contributed by atoms with Crippen molar-refractivity contribution in [3.05, 3.63) is 23.8 Å². The third-order valence-corrected chi connectivity index (χ3v) is 4.02. The van der Waals surface area contributed by atoms with Crippen LogP contribution < -0.4 is 0 Å². The summed E-state index contributed by atoms with van der Waals surface area (Å²) < 4.78 is 56.7. The van der Waals surface area contributed by atoms with Gasteiger partial charge in [0.1, 0.15) is 4.90 Å². The van der Waals surface area contributed by atoms with Gasteiger partial charge in [-0.3, -0.25) is 4.55 Å². The molecule has 86 valence electrons. The quantitative estimate of drug-likeness (QED) is 0.551. The Hall–Kier alpha value is -1.45. The molecule has 1 N–H and O–H groups in total. The van der Waals surface area contributed by atoms with E-state index in [1.807, 2.05) is 0 Å². The zero-order valence-corrected chi connectivity index (χ0v) is 9.08. The van der Waals surface area contributed by atoms with Crippen molar-refractivity contribution in [3.63, 3.8) is 0 Å². The fourth-order valence-electron chi connectivity index (χ4n) is 1.23. The highest BCUT2D eigenvalue weighted by molar-refractivity contribution is 7.88. The van der Waals surface area contributed by atoms with Crippen LogP contribution in [0.25, 0.3) is 0 Å². The van der Waals surface area contributed by atoms with Crippen LogP contribution in [0.2, 0.25) is 0 Å². The van der Waals surface area contributed by atoms with Crippen molar-refractivity contribution in [1.82, 2.24) is 0 Å². The van der Waals surface area contributed by atoms with Crippen molar-refractivity contribution in [2.45, 2.75) is 9.79 Å². The Kier molecular flexibility index (Phi) is 2.09. The summed E-state index contributed by atoms with van der Waals surface area (Å²) in [4.78, 5) is 9.85. The Balaban J connectivity index is 2.79. The van der Waals surface area contributed by atoms with E-state index in [1.165, 1.54) is 0 Å². The van der Waals surface area contributed by atoms with E-state index in [0.29, 0.717) is 6.07 Å². The maximum Gasteiger partial charge on any atom is 0.355 e. The molecular formula is C7H4O7S2. The number of hydrogen-bond donors (Lipinski definition) is 1. The van der Waals surface area contributed by atoms with Gasteiger partial charge in [0.15, 0.2) is 0 Å². The van der Waals surface area contributed by atoms with Crippen LogP contribution in [-0.2, 0) is 24.4 Å². The summed E-state index contributed by atoms with van der Waals surface area (Å²) in [6, 6.07) is 2.55. The van der Waals surface area contributed by atoms with Gasteiger partial charge in [-0.15, -0.1) is 0 Å². The van der Waals surface area contributed by atoms with E-state index in [2.05, 4.69) is 4.18 Å². The molecule has 0 fully saturated rings. The normalized spacial score (nSPS) is 17.9. The van der Waals surface area contributed by atoms with Gasteiger partial charge in [0.05, 0.1) is 10.5 Å². The lowest BCUT2D eigenvalue weighted by Gasteiger charge is -1.97. The van der Waals surface area contributed by atoms with Gasteiger partial charge in [0.25, 0.3) is 10.1 Å². The van der Waals surface area contributed by atoms with Crippen molar-refractivity contribution < 1.29 is 30.4 Å². The first-order valence-electron chi connectivity index (χ1n) is 3.82. The Labute approximate surface area is 90.5 Å². The second-order valence-electron chi connectivity index (χ2n) is 2.96. The van der Waals surface area contributed by atoms with Gasteiger partial charge in [-0.25, -0.2) is 4.79 Å². The fourth-order valence-corrected chi connectivity index (χ4v) is 2.88. The lowest BCUT2D eigenvalue weighted by atomic mass is 10.2. The summed E-state index contributed by atoms with van der Waals surface area (Å²) >= 11 is 0. The summed E-state index contributed by atoms with van der Waals surface area (Å²) in [6.07, 6.45) is 0. The zero-order chi connectivity index (χ0) is 12.1. The van der Waals surface area contributed by atoms with E-state index in [9.17, 15) is 21.6 Å². The molecule has 0 aromatic heterocycles. The van der Waals surface area contributed by atoms with Gasteiger partial charge in [0.2, 0.25) is 0 Å². The summed E-state index contributed by atoms with van der Waals surface area (Å²) in [6.45, 7) is 0. The predicted molar refractivity (Wildman–Crippen MR) is 48.9 cm³/mol. The average molecular weight is 264 g/mol. The molecule has 2 rings (SSSR count). The molecular weight excluding hydrogens is 260 g/mol. The Morgan fingerprint density at radius 1 is 1.25 bits per heavy atom. The summed E-state index contributed by atoms with van der Waals surface area (Å²) in [5.74, 6) is -1.07. The highest BCUT2D eigenvalue weighted by Gasteiger charge is 2.36. The molecule has 1 aromatic carbocycles. The first-order valence-corrected chi connectivity index (χ1v) is 6.67. The van der Waals surface area contributed by atoms with Crippen molar-refractivity contribution in [3.8, 4) is 0 Å². The number of carbonyl (C=O) groups is 1. The number of benzene rings is 1. The number of fused-ring (bicyclic) bond motifs is 1. The van der Waals surface area contributed by atoms with Crippen LogP contribution in [-0.4, -0.2) is 27.4 Å². The largest absolute Gasteiger partial charge is 0.355 e. The first-order chi connectivity index (χ1) is 7.22. The molecule has 1 heterocycles. The van der Waals surface area contributed by atoms with Crippen molar-refractivity contribution in [1.29, 1.82) is 0 Å². The molecule has 0 radical (unpaired) electrons.